The van der Waals surface area contributed by atoms with Crippen LogP contribution in [-0.4, -0.2) is 42.3 Å². The van der Waals surface area contributed by atoms with Crippen molar-refractivity contribution in [3.63, 3.8) is 0 Å². The Hall–Kier alpha value is -1.85. The molecule has 1 heterocycles. The molecule has 6 nitrogen and oxygen atoms in total. The molecule has 0 radical (unpaired) electrons. The molecule has 94 valence electrons. The number of nitrogens with one attached hydrogen (secondary N) is 1. The van der Waals surface area contributed by atoms with Crippen LogP contribution >= 0.6 is 0 Å². The molecule has 1 fully saturated rings. The van der Waals surface area contributed by atoms with E-state index in [2.05, 4.69) is 11.9 Å². The Balaban J connectivity index is 2.48. The molecule has 0 aromatic carbocycles. The average molecular weight is 239 g/mol. The van der Waals surface area contributed by atoms with Crippen LogP contribution in [0.2, 0.25) is 0 Å². The Bertz CT molecular complexity index is 341. The van der Waals surface area contributed by atoms with Gasteiger partial charge in [0.25, 0.3) is 0 Å². The molecule has 17 heavy (non-hydrogen) atoms. The quantitative estimate of drug-likeness (QED) is 0.617. The molecule has 1 atom stereocenters. The van der Waals surface area contributed by atoms with E-state index in [0.717, 1.165) is 6.42 Å². The van der Waals surface area contributed by atoms with Crippen LogP contribution in [0.15, 0.2) is 12.7 Å². The summed E-state index contributed by atoms with van der Waals surface area (Å²) in [5.74, 6) is -1.25. The number of hydrogen-bond acceptors (Lipinski definition) is 3. The Labute approximate surface area is 99.8 Å². The first-order valence-corrected chi connectivity index (χ1v) is 5.52. The van der Waals surface area contributed by atoms with Crippen LogP contribution in [0.25, 0.3) is 0 Å². The van der Waals surface area contributed by atoms with E-state index in [-0.39, 0.29) is 24.3 Å². The Morgan fingerprint density at radius 1 is 1.47 bits per heavy atom. The summed E-state index contributed by atoms with van der Waals surface area (Å²) >= 11 is 0. The minimum absolute atomic E-state index is 0.162. The molecule has 1 aliphatic rings. The van der Waals surface area contributed by atoms with E-state index >= 15 is 0 Å². The van der Waals surface area contributed by atoms with Crippen molar-refractivity contribution in [1.29, 1.82) is 0 Å². The molecule has 3 N–H and O–H groups in total. The molecule has 0 bridgehead atoms. The third-order valence-electron chi connectivity index (χ3n) is 2.72. The van der Waals surface area contributed by atoms with Gasteiger partial charge in [0.1, 0.15) is 0 Å². The Morgan fingerprint density at radius 2 is 2.18 bits per heavy atom. The highest BCUT2D eigenvalue weighted by molar-refractivity contribution is 5.88. The zero-order valence-corrected chi connectivity index (χ0v) is 9.65. The van der Waals surface area contributed by atoms with Gasteiger partial charge in [-0.25, -0.2) is 0 Å². The van der Waals surface area contributed by atoms with Gasteiger partial charge < -0.3 is 16.0 Å². The van der Waals surface area contributed by atoms with Gasteiger partial charge in [-0.05, 0) is 18.9 Å². The summed E-state index contributed by atoms with van der Waals surface area (Å²) in [4.78, 5) is 35.2. The molecule has 1 unspecified atom stereocenters. The van der Waals surface area contributed by atoms with Gasteiger partial charge in [-0.15, -0.1) is 0 Å². The monoisotopic (exact) mass is 239 g/mol. The van der Waals surface area contributed by atoms with Gasteiger partial charge in [-0.2, -0.15) is 0 Å². The van der Waals surface area contributed by atoms with E-state index in [4.69, 9.17) is 5.73 Å². The smallest absolute Gasteiger partial charge is 0.245 e. The first-order chi connectivity index (χ1) is 8.04. The number of carbonyl (C=O) groups excluding carboxylic acids is 3. The van der Waals surface area contributed by atoms with Crippen molar-refractivity contribution in [2.24, 2.45) is 11.7 Å². The molecule has 1 saturated heterocycles. The van der Waals surface area contributed by atoms with E-state index in [0.29, 0.717) is 19.5 Å². The van der Waals surface area contributed by atoms with E-state index in [1.165, 1.54) is 6.08 Å². The number of nitrogens with zero attached hydrogens (tertiary/aromatic N) is 1. The van der Waals surface area contributed by atoms with Crippen LogP contribution in [-0.2, 0) is 14.4 Å². The lowest BCUT2D eigenvalue weighted by Crippen LogP contribution is -2.46. The normalized spacial score (nSPS) is 19.5. The van der Waals surface area contributed by atoms with Gasteiger partial charge in [-0.3, -0.25) is 14.4 Å². The van der Waals surface area contributed by atoms with E-state index in [9.17, 15) is 14.4 Å². The molecule has 0 saturated carbocycles. The number of likely N-dealkylation sites (tertiary alicyclic amines) is 1. The largest absolute Gasteiger partial charge is 0.368 e. The summed E-state index contributed by atoms with van der Waals surface area (Å²) in [7, 11) is 0. The number of nitrogens with two attached hydrogens (primary N) is 1. The van der Waals surface area contributed by atoms with E-state index < -0.39 is 5.91 Å². The minimum atomic E-state index is -0.576. The lowest BCUT2D eigenvalue weighted by atomic mass is 9.97. The first kappa shape index (κ1) is 13.2. The second-order valence-corrected chi connectivity index (χ2v) is 4.01. The molecule has 1 rings (SSSR count). The maximum Gasteiger partial charge on any atom is 0.245 e. The zero-order chi connectivity index (χ0) is 12.8. The van der Waals surface area contributed by atoms with Gasteiger partial charge in [0, 0.05) is 13.1 Å². The number of primary amides is 1. The number of hydrogen-bond donors (Lipinski definition) is 2. The maximum atomic E-state index is 11.7. The lowest BCUT2D eigenvalue weighted by molar-refractivity contribution is -0.133. The van der Waals surface area contributed by atoms with E-state index in [1.807, 2.05) is 0 Å². The van der Waals surface area contributed by atoms with Crippen LogP contribution < -0.4 is 11.1 Å². The maximum absolute atomic E-state index is 11.7. The number of amides is 3. The van der Waals surface area contributed by atoms with Crippen molar-refractivity contribution in [2.75, 3.05) is 19.6 Å². The van der Waals surface area contributed by atoms with Crippen LogP contribution in [0.4, 0.5) is 0 Å². The summed E-state index contributed by atoms with van der Waals surface area (Å²) < 4.78 is 0. The Morgan fingerprint density at radius 3 is 2.76 bits per heavy atom. The fraction of sp³-hybridized carbons (Fsp3) is 0.545. The third-order valence-corrected chi connectivity index (χ3v) is 2.72. The predicted octanol–water partition coefficient (Wildman–Crippen LogP) is -0.987. The topological polar surface area (TPSA) is 92.5 Å². The fourth-order valence-electron chi connectivity index (χ4n) is 1.84. The Kier molecular flexibility index (Phi) is 4.68. The molecule has 0 spiro atoms. The van der Waals surface area contributed by atoms with Gasteiger partial charge in [0.05, 0.1) is 12.5 Å². The zero-order valence-electron chi connectivity index (χ0n) is 9.65. The van der Waals surface area contributed by atoms with Crippen molar-refractivity contribution in [1.82, 2.24) is 10.2 Å². The molecule has 0 aliphatic carbocycles. The highest BCUT2D eigenvalue weighted by atomic mass is 16.2. The second-order valence-electron chi connectivity index (χ2n) is 4.01. The van der Waals surface area contributed by atoms with Crippen molar-refractivity contribution >= 4 is 17.7 Å². The predicted molar refractivity (Wildman–Crippen MR) is 61.7 cm³/mol. The van der Waals surface area contributed by atoms with Crippen molar-refractivity contribution in [3.8, 4) is 0 Å². The number of piperidine rings is 1. The molecule has 6 heteroatoms. The lowest BCUT2D eigenvalue weighted by Gasteiger charge is -2.31. The minimum Gasteiger partial charge on any atom is -0.368 e. The summed E-state index contributed by atoms with van der Waals surface area (Å²) in [6.45, 7) is 4.26. The molecule has 1 aliphatic heterocycles. The van der Waals surface area contributed by atoms with Gasteiger partial charge in [-0.1, -0.05) is 6.58 Å². The van der Waals surface area contributed by atoms with Crippen LogP contribution in [0.3, 0.4) is 0 Å². The fourth-order valence-corrected chi connectivity index (χ4v) is 1.84. The second kappa shape index (κ2) is 6.03. The van der Waals surface area contributed by atoms with Gasteiger partial charge >= 0.3 is 0 Å². The highest BCUT2D eigenvalue weighted by Crippen LogP contribution is 2.16. The van der Waals surface area contributed by atoms with Gasteiger partial charge in [0.2, 0.25) is 17.7 Å². The number of rotatable bonds is 4. The van der Waals surface area contributed by atoms with Crippen molar-refractivity contribution < 1.29 is 14.4 Å². The van der Waals surface area contributed by atoms with Crippen LogP contribution in [0.5, 0.6) is 0 Å². The summed E-state index contributed by atoms with van der Waals surface area (Å²) in [6.07, 6.45) is 2.73. The standard InChI is InChI=1S/C11H17N3O3/c1-2-10(16)14-5-3-4-8(7-14)11(17)13-6-9(12)15/h2,8H,1,3-7H2,(H2,12,15)(H,13,17). The van der Waals surface area contributed by atoms with Crippen molar-refractivity contribution in [2.45, 2.75) is 12.8 Å². The van der Waals surface area contributed by atoms with Crippen LogP contribution in [0.1, 0.15) is 12.8 Å². The molecule has 0 aromatic rings. The van der Waals surface area contributed by atoms with Crippen LogP contribution in [0, 0.1) is 5.92 Å². The molecular formula is C11H17N3O3. The molecule has 3 amide bonds. The third kappa shape index (κ3) is 3.90. The van der Waals surface area contributed by atoms with E-state index in [1.54, 1.807) is 4.90 Å². The molecule has 0 aromatic heterocycles. The SMILES string of the molecule is C=CC(=O)N1CCCC(C(=O)NCC(N)=O)C1. The van der Waals surface area contributed by atoms with Gasteiger partial charge in [0.15, 0.2) is 0 Å². The first-order valence-electron chi connectivity index (χ1n) is 5.52. The molecular weight excluding hydrogens is 222 g/mol. The number of carbonyl (C=O) groups is 3. The average Bonchev–Trinajstić information content (AvgIpc) is 2.35. The highest BCUT2D eigenvalue weighted by Gasteiger charge is 2.27. The summed E-state index contributed by atoms with van der Waals surface area (Å²) in [5, 5.41) is 2.45. The summed E-state index contributed by atoms with van der Waals surface area (Å²) in [6, 6.07) is 0. The summed E-state index contributed by atoms with van der Waals surface area (Å²) in [5.41, 5.74) is 4.94. The van der Waals surface area contributed by atoms with Crippen molar-refractivity contribution in [3.05, 3.63) is 12.7 Å².